The van der Waals surface area contributed by atoms with Crippen LogP contribution in [0.4, 0.5) is 5.69 Å². The second-order valence-corrected chi connectivity index (χ2v) is 4.60. The molecule has 0 aliphatic heterocycles. The van der Waals surface area contributed by atoms with Crippen LogP contribution in [0, 0.1) is 0 Å². The quantitative estimate of drug-likeness (QED) is 0.645. The van der Waals surface area contributed by atoms with E-state index in [1.54, 1.807) is 0 Å². The van der Waals surface area contributed by atoms with E-state index in [-0.39, 0.29) is 22.3 Å². The van der Waals surface area contributed by atoms with Crippen molar-refractivity contribution in [2.24, 2.45) is 0 Å². The van der Waals surface area contributed by atoms with E-state index in [1.807, 2.05) is 0 Å². The van der Waals surface area contributed by atoms with Gasteiger partial charge < -0.3 is 16.0 Å². The Hall–Kier alpha value is -0.960. The van der Waals surface area contributed by atoms with Gasteiger partial charge in [0.25, 0.3) is 0 Å². The zero-order valence-electron chi connectivity index (χ0n) is 8.44. The fraction of sp³-hybridized carbons (Fsp3) is 0.125. The summed E-state index contributed by atoms with van der Waals surface area (Å²) in [4.78, 5) is 10.6. The van der Waals surface area contributed by atoms with Crippen LogP contribution in [0.3, 0.4) is 0 Å². The van der Waals surface area contributed by atoms with Gasteiger partial charge in [0.05, 0.1) is 10.2 Å². The molecular formula is C8H11BrN2O4S. The van der Waals surface area contributed by atoms with E-state index in [9.17, 15) is 17.8 Å². The maximum Gasteiger partial charge on any atom is 0.235 e. The largest absolute Gasteiger partial charge is 0.744 e. The summed E-state index contributed by atoms with van der Waals surface area (Å²) < 4.78 is 31.7. The van der Waals surface area contributed by atoms with Gasteiger partial charge in [0.15, 0.2) is 0 Å². The molecule has 1 rings (SSSR count). The fourth-order valence-electron chi connectivity index (χ4n) is 0.899. The zero-order valence-corrected chi connectivity index (χ0v) is 10.8. The molecule has 0 heterocycles. The normalized spacial score (nSPS) is 10.4. The van der Waals surface area contributed by atoms with Crippen LogP contribution in [0.2, 0.25) is 0 Å². The van der Waals surface area contributed by atoms with E-state index in [0.29, 0.717) is 5.69 Å². The van der Waals surface area contributed by atoms with Gasteiger partial charge in [-0.2, -0.15) is 0 Å². The van der Waals surface area contributed by atoms with Crippen LogP contribution in [-0.4, -0.2) is 24.2 Å². The second-order valence-electron chi connectivity index (χ2n) is 2.66. The van der Waals surface area contributed by atoms with Crippen LogP contribution in [0.5, 0.6) is 0 Å². The van der Waals surface area contributed by atoms with Gasteiger partial charge >= 0.3 is 0 Å². The van der Waals surface area contributed by atoms with Crippen LogP contribution >= 0.6 is 15.9 Å². The number of benzene rings is 1. The molecule has 0 aliphatic rings. The lowest BCUT2D eigenvalue weighted by Crippen LogP contribution is -2.12. The number of hydrogen-bond acceptors (Lipinski definition) is 4. The molecule has 16 heavy (non-hydrogen) atoms. The molecule has 1 aromatic carbocycles. The lowest BCUT2D eigenvalue weighted by molar-refractivity contribution is -0.113. The van der Waals surface area contributed by atoms with E-state index in [2.05, 4.69) is 21.2 Å². The third kappa shape index (κ3) is 4.27. The Kier molecular flexibility index (Phi) is 5.59. The Morgan fingerprint density at radius 3 is 2.19 bits per heavy atom. The highest BCUT2D eigenvalue weighted by Crippen LogP contribution is 2.13. The molecule has 1 aromatic rings. The van der Waals surface area contributed by atoms with Crippen molar-refractivity contribution in [3.05, 3.63) is 24.3 Å². The van der Waals surface area contributed by atoms with E-state index >= 15 is 0 Å². The molecule has 6 nitrogen and oxygen atoms in total. The van der Waals surface area contributed by atoms with Gasteiger partial charge in [0.1, 0.15) is 10.1 Å². The Balaban J connectivity index is 0.00000225. The highest BCUT2D eigenvalue weighted by molar-refractivity contribution is 9.09. The lowest BCUT2D eigenvalue weighted by Gasteiger charge is -2.08. The van der Waals surface area contributed by atoms with Gasteiger partial charge in [-0.3, -0.25) is 4.79 Å². The van der Waals surface area contributed by atoms with E-state index in [4.69, 9.17) is 0 Å². The topological polar surface area (TPSA) is 123 Å². The van der Waals surface area contributed by atoms with Crippen molar-refractivity contribution in [2.45, 2.75) is 4.90 Å². The van der Waals surface area contributed by atoms with Crippen molar-refractivity contribution in [3.63, 3.8) is 0 Å². The van der Waals surface area contributed by atoms with Gasteiger partial charge in [-0.1, -0.05) is 15.9 Å². The Labute approximate surface area is 102 Å². The molecule has 1 amide bonds. The summed E-state index contributed by atoms with van der Waals surface area (Å²) >= 11 is 2.96. The van der Waals surface area contributed by atoms with E-state index < -0.39 is 10.1 Å². The first-order valence-electron chi connectivity index (χ1n) is 3.85. The number of carbonyl (C=O) groups excluding carboxylic acids is 1. The Morgan fingerprint density at radius 2 is 1.81 bits per heavy atom. The van der Waals surface area contributed by atoms with E-state index in [1.165, 1.54) is 12.1 Å². The van der Waals surface area contributed by atoms with Gasteiger partial charge in [0.2, 0.25) is 5.91 Å². The molecule has 90 valence electrons. The summed E-state index contributed by atoms with van der Waals surface area (Å²) in [6.07, 6.45) is 0. The van der Waals surface area contributed by atoms with Crippen LogP contribution in [-0.2, 0) is 14.9 Å². The monoisotopic (exact) mass is 310 g/mol. The molecule has 0 spiro atoms. The predicted octanol–water partition coefficient (Wildman–Crippen LogP) is 1.30. The number of amides is 1. The standard InChI is InChI=1S/C8H8BrNO4S.H3N/c9-5-8(11)10-6-1-3-7(4-2-6)15(12,13)14;/h1-4H,5H2,(H,10,11)(H,12,13,14);1H3. The van der Waals surface area contributed by atoms with Gasteiger partial charge in [0, 0.05) is 5.69 Å². The maximum absolute atomic E-state index is 10.9. The number of halogens is 1. The summed E-state index contributed by atoms with van der Waals surface area (Å²) in [5.41, 5.74) is 0.437. The smallest absolute Gasteiger partial charge is 0.235 e. The van der Waals surface area contributed by atoms with Crippen LogP contribution in [0.1, 0.15) is 0 Å². The van der Waals surface area contributed by atoms with Crippen LogP contribution < -0.4 is 11.5 Å². The first kappa shape index (κ1) is 15.0. The molecule has 0 aliphatic carbocycles. The van der Waals surface area contributed by atoms with Gasteiger partial charge in [-0.05, 0) is 24.3 Å². The molecule has 0 fully saturated rings. The number of alkyl halides is 1. The molecule has 0 saturated carbocycles. The minimum atomic E-state index is -4.43. The first-order valence-corrected chi connectivity index (χ1v) is 6.38. The number of rotatable bonds is 3. The molecule has 8 heteroatoms. The molecule has 5 N–H and O–H groups in total. The summed E-state index contributed by atoms with van der Waals surface area (Å²) in [5, 5.41) is 2.63. The number of hydrogen-bond donors (Lipinski definition) is 2. The molecule has 0 radical (unpaired) electrons. The average Bonchev–Trinajstić information content (AvgIpc) is 2.17. The van der Waals surface area contributed by atoms with Crippen molar-refractivity contribution in [3.8, 4) is 0 Å². The third-order valence-electron chi connectivity index (χ3n) is 1.55. The highest BCUT2D eigenvalue weighted by Gasteiger charge is 2.02. The maximum atomic E-state index is 10.9. The minimum Gasteiger partial charge on any atom is -0.744 e. The van der Waals surface area contributed by atoms with Crippen molar-refractivity contribution in [1.29, 1.82) is 0 Å². The highest BCUT2D eigenvalue weighted by atomic mass is 79.9. The summed E-state index contributed by atoms with van der Waals surface area (Å²) in [5.74, 6) is -0.257. The van der Waals surface area contributed by atoms with Crippen LogP contribution in [0.25, 0.3) is 0 Å². The van der Waals surface area contributed by atoms with Crippen molar-refractivity contribution in [1.82, 2.24) is 6.15 Å². The molecule has 0 bridgehead atoms. The van der Waals surface area contributed by atoms with Crippen LogP contribution in [0.15, 0.2) is 29.2 Å². The van der Waals surface area contributed by atoms with Crippen molar-refractivity contribution in [2.75, 3.05) is 10.6 Å². The fourth-order valence-corrected chi connectivity index (χ4v) is 1.51. The molecule has 0 unspecified atom stereocenters. The van der Waals surface area contributed by atoms with Crippen molar-refractivity contribution < 1.29 is 17.8 Å². The predicted molar refractivity (Wildman–Crippen MR) is 62.8 cm³/mol. The van der Waals surface area contributed by atoms with Gasteiger partial charge in [-0.25, -0.2) is 8.42 Å². The molecule has 0 aromatic heterocycles. The molecule has 0 saturated heterocycles. The lowest BCUT2D eigenvalue weighted by atomic mass is 10.3. The molecule has 0 atom stereocenters. The summed E-state index contributed by atoms with van der Waals surface area (Å²) in [6, 6.07) is 5.00. The average molecular weight is 311 g/mol. The zero-order chi connectivity index (χ0) is 11.5. The SMILES string of the molecule is O=C(CBr)Nc1ccc(S(=O)(=O)[O-])cc1.[NH4+]. The minimum absolute atomic E-state index is 0. The van der Waals surface area contributed by atoms with Gasteiger partial charge in [-0.15, -0.1) is 0 Å². The third-order valence-corrected chi connectivity index (χ3v) is 2.91. The number of nitrogens with one attached hydrogen (secondary N) is 1. The first-order chi connectivity index (χ1) is 6.93. The molecular weight excluding hydrogens is 300 g/mol. The van der Waals surface area contributed by atoms with Crippen molar-refractivity contribution >= 4 is 37.6 Å². The number of carbonyl (C=O) groups is 1. The Bertz CT molecular complexity index is 457. The number of quaternary nitrogens is 1. The summed E-state index contributed by atoms with van der Waals surface area (Å²) in [6.45, 7) is 0. The second kappa shape index (κ2) is 5.94. The number of anilines is 1. The summed E-state index contributed by atoms with van der Waals surface area (Å²) in [7, 11) is -4.43. The van der Waals surface area contributed by atoms with E-state index in [0.717, 1.165) is 12.1 Å². The Morgan fingerprint density at radius 1 is 1.31 bits per heavy atom.